The van der Waals surface area contributed by atoms with Crippen molar-refractivity contribution in [2.45, 2.75) is 50.5 Å². The topological polar surface area (TPSA) is 100 Å². The Balaban J connectivity index is 1.97. The van der Waals surface area contributed by atoms with E-state index in [4.69, 9.17) is 14.2 Å². The molecule has 0 bridgehead atoms. The Morgan fingerprint density at radius 2 is 2.28 bits per heavy atom. The van der Waals surface area contributed by atoms with Gasteiger partial charge in [-0.3, -0.25) is 0 Å². The van der Waals surface area contributed by atoms with Crippen LogP contribution >= 0.6 is 0 Å². The summed E-state index contributed by atoms with van der Waals surface area (Å²) < 4.78 is 16.1. The molecule has 8 heteroatoms. The number of aliphatic hydroxyl groups is 1. The number of rotatable bonds is 6. The Hall–Kier alpha value is -0.960. The van der Waals surface area contributed by atoms with E-state index in [0.717, 1.165) is 12.8 Å². The van der Waals surface area contributed by atoms with Crippen molar-refractivity contribution in [2.24, 2.45) is 0 Å². The summed E-state index contributed by atoms with van der Waals surface area (Å²) in [4.78, 5) is 15.0. The van der Waals surface area contributed by atoms with Gasteiger partial charge in [0.05, 0.1) is 6.61 Å². The summed E-state index contributed by atoms with van der Waals surface area (Å²) in [6, 6.07) is 0. The lowest BCUT2D eigenvalue weighted by atomic mass is 10.1. The van der Waals surface area contributed by atoms with E-state index in [9.17, 15) is 15.2 Å². The molecular weight excluding hydrogens is 246 g/mol. The van der Waals surface area contributed by atoms with E-state index in [1.165, 1.54) is 0 Å². The smallest absolute Gasteiger partial charge is 0.295 e. The van der Waals surface area contributed by atoms with Gasteiger partial charge in [0.2, 0.25) is 0 Å². The maximum atomic E-state index is 10.5. The lowest BCUT2D eigenvalue weighted by molar-refractivity contribution is -0.772. The highest BCUT2D eigenvalue weighted by molar-refractivity contribution is 4.96. The summed E-state index contributed by atoms with van der Waals surface area (Å²) in [6.07, 6.45) is -2.12. The van der Waals surface area contributed by atoms with E-state index in [0.29, 0.717) is 6.61 Å². The quantitative estimate of drug-likeness (QED) is 0.404. The van der Waals surface area contributed by atoms with Crippen LogP contribution in [-0.2, 0) is 19.0 Å². The van der Waals surface area contributed by atoms with Crippen LogP contribution in [0.4, 0.5) is 0 Å². The molecule has 0 unspecified atom stereocenters. The molecule has 0 spiro atoms. The highest BCUT2D eigenvalue weighted by Gasteiger charge is 2.54. The molecule has 2 heterocycles. The molecule has 2 saturated heterocycles. The zero-order chi connectivity index (χ0) is 13.1. The van der Waals surface area contributed by atoms with Gasteiger partial charge >= 0.3 is 0 Å². The molecule has 0 aliphatic carbocycles. The van der Waals surface area contributed by atoms with Gasteiger partial charge in [-0.2, -0.15) is 0 Å². The van der Waals surface area contributed by atoms with Crippen LogP contribution in [-0.4, -0.2) is 54.1 Å². The molecule has 1 N–H and O–H groups in total. The Morgan fingerprint density at radius 3 is 2.94 bits per heavy atom. The monoisotopic (exact) mass is 263 g/mol. The molecule has 2 aliphatic heterocycles. The molecule has 0 saturated carbocycles. The van der Waals surface area contributed by atoms with Crippen molar-refractivity contribution in [1.29, 1.82) is 0 Å². The predicted molar refractivity (Wildman–Crippen MR) is 57.1 cm³/mol. The van der Waals surface area contributed by atoms with Gasteiger partial charge < -0.3 is 24.2 Å². The van der Waals surface area contributed by atoms with Crippen LogP contribution < -0.4 is 0 Å². The number of unbranched alkanes of at least 4 members (excludes halogenated alkanes) is 1. The molecule has 104 valence electrons. The highest BCUT2D eigenvalue weighted by atomic mass is 17.0. The number of aliphatic hydroxyl groups excluding tert-OH is 1. The normalized spacial score (nSPS) is 38.7. The summed E-state index contributed by atoms with van der Waals surface area (Å²) in [5.41, 5.74) is 0. The molecule has 0 amide bonds. The van der Waals surface area contributed by atoms with E-state index in [-0.39, 0.29) is 6.61 Å². The fourth-order valence-corrected chi connectivity index (χ4v) is 2.14. The standard InChI is InChI=1S/C10H17NO7/c1-2-3-4-15-10-9(18-11(13)14)8-7(17-10)6(12)5-16-8/h6-10,12H,2-5H2,1H3/t6-,7-,8+,9-,10-/m1/s1. The maximum absolute atomic E-state index is 10.5. The number of fused-ring (bicyclic) bond motifs is 1. The Labute approximate surface area is 104 Å². The molecular formula is C10H17NO7. The van der Waals surface area contributed by atoms with Crippen LogP contribution in [0.15, 0.2) is 0 Å². The first-order valence-corrected chi connectivity index (χ1v) is 6.01. The zero-order valence-electron chi connectivity index (χ0n) is 10.1. The number of hydrogen-bond donors (Lipinski definition) is 1. The second-order valence-electron chi connectivity index (χ2n) is 4.35. The minimum absolute atomic E-state index is 0.0919. The van der Waals surface area contributed by atoms with Gasteiger partial charge in [0, 0.05) is 6.61 Å². The van der Waals surface area contributed by atoms with Gasteiger partial charge in [-0.05, 0) is 6.42 Å². The fourth-order valence-electron chi connectivity index (χ4n) is 2.14. The van der Waals surface area contributed by atoms with E-state index in [2.05, 4.69) is 4.84 Å². The number of ether oxygens (including phenoxy) is 3. The van der Waals surface area contributed by atoms with Gasteiger partial charge in [-0.1, -0.05) is 13.3 Å². The van der Waals surface area contributed by atoms with Crippen LogP contribution in [0.25, 0.3) is 0 Å². The van der Waals surface area contributed by atoms with Crippen molar-refractivity contribution in [2.75, 3.05) is 13.2 Å². The molecule has 8 nitrogen and oxygen atoms in total. The van der Waals surface area contributed by atoms with Crippen molar-refractivity contribution >= 4 is 0 Å². The molecule has 2 rings (SSSR count). The van der Waals surface area contributed by atoms with Crippen molar-refractivity contribution < 1.29 is 29.2 Å². The van der Waals surface area contributed by atoms with Crippen molar-refractivity contribution in [1.82, 2.24) is 0 Å². The fraction of sp³-hybridized carbons (Fsp3) is 1.00. The molecule has 18 heavy (non-hydrogen) atoms. The van der Waals surface area contributed by atoms with Crippen molar-refractivity contribution in [3.05, 3.63) is 10.1 Å². The Bertz CT molecular complexity index is 300. The summed E-state index contributed by atoms with van der Waals surface area (Å²) in [5, 5.41) is 19.2. The maximum Gasteiger partial charge on any atom is 0.295 e. The average molecular weight is 263 g/mol. The Kier molecular flexibility index (Phi) is 4.33. The minimum Gasteiger partial charge on any atom is -0.388 e. The van der Waals surface area contributed by atoms with E-state index in [1.807, 2.05) is 6.92 Å². The lowest BCUT2D eigenvalue weighted by Gasteiger charge is -2.20. The lowest BCUT2D eigenvalue weighted by Crippen LogP contribution is -2.38. The van der Waals surface area contributed by atoms with Gasteiger partial charge in [-0.15, -0.1) is 10.1 Å². The van der Waals surface area contributed by atoms with Crippen molar-refractivity contribution in [3.63, 3.8) is 0 Å². The number of hydrogen-bond acceptors (Lipinski definition) is 7. The van der Waals surface area contributed by atoms with E-state index in [1.54, 1.807) is 0 Å². The summed E-state index contributed by atoms with van der Waals surface area (Å²) >= 11 is 0. The second kappa shape index (κ2) is 5.79. The first-order valence-electron chi connectivity index (χ1n) is 6.01. The molecule has 2 aliphatic rings. The predicted octanol–water partition coefficient (Wildman–Crippen LogP) is -0.135. The third-order valence-electron chi connectivity index (χ3n) is 3.03. The SMILES string of the molecule is CCCCO[C@@H]1O[C@H]2[C@H](OC[C@H]2O)[C@H]1O[N+](=O)[O-]. The summed E-state index contributed by atoms with van der Waals surface area (Å²) in [5.74, 6) is 0. The summed E-state index contributed by atoms with van der Waals surface area (Å²) in [7, 11) is 0. The van der Waals surface area contributed by atoms with E-state index >= 15 is 0 Å². The number of nitrogens with zero attached hydrogens (tertiary/aromatic N) is 1. The largest absolute Gasteiger partial charge is 0.388 e. The molecule has 2 fully saturated rings. The molecule has 5 atom stereocenters. The molecule has 0 aromatic rings. The van der Waals surface area contributed by atoms with Gasteiger partial charge in [0.1, 0.15) is 18.3 Å². The van der Waals surface area contributed by atoms with Crippen LogP contribution in [0.2, 0.25) is 0 Å². The highest BCUT2D eigenvalue weighted by Crippen LogP contribution is 2.33. The zero-order valence-corrected chi connectivity index (χ0v) is 10.1. The average Bonchev–Trinajstić information content (AvgIpc) is 2.82. The molecule has 0 aromatic carbocycles. The first-order chi connectivity index (χ1) is 8.63. The molecule has 0 radical (unpaired) electrons. The van der Waals surface area contributed by atoms with Gasteiger partial charge in [0.15, 0.2) is 12.4 Å². The minimum atomic E-state index is -0.945. The third-order valence-corrected chi connectivity index (χ3v) is 3.03. The molecule has 0 aromatic heterocycles. The second-order valence-corrected chi connectivity index (χ2v) is 4.35. The van der Waals surface area contributed by atoms with E-state index < -0.39 is 35.8 Å². The van der Waals surface area contributed by atoms with Crippen molar-refractivity contribution in [3.8, 4) is 0 Å². The van der Waals surface area contributed by atoms with Gasteiger partial charge in [0.25, 0.3) is 5.09 Å². The summed E-state index contributed by atoms with van der Waals surface area (Å²) in [6.45, 7) is 2.52. The van der Waals surface area contributed by atoms with Crippen LogP contribution in [0.1, 0.15) is 19.8 Å². The third kappa shape index (κ3) is 2.72. The van der Waals surface area contributed by atoms with Gasteiger partial charge in [-0.25, -0.2) is 0 Å². The van der Waals surface area contributed by atoms with Crippen LogP contribution in [0.3, 0.4) is 0 Å². The van der Waals surface area contributed by atoms with Crippen LogP contribution in [0.5, 0.6) is 0 Å². The Morgan fingerprint density at radius 1 is 1.50 bits per heavy atom. The van der Waals surface area contributed by atoms with Crippen LogP contribution in [0, 0.1) is 10.1 Å². The first kappa shape index (κ1) is 13.5.